The van der Waals surface area contributed by atoms with E-state index in [0.29, 0.717) is 5.82 Å². The van der Waals surface area contributed by atoms with Crippen molar-refractivity contribution in [2.45, 2.75) is 0 Å². The smallest absolute Gasteiger partial charge is 0.151 e. The van der Waals surface area contributed by atoms with Crippen LogP contribution >= 0.6 is 15.9 Å². The van der Waals surface area contributed by atoms with Crippen molar-refractivity contribution in [2.24, 2.45) is 0 Å². The van der Waals surface area contributed by atoms with E-state index in [1.165, 1.54) is 0 Å². The molecule has 16 heavy (non-hydrogen) atoms. The van der Waals surface area contributed by atoms with E-state index in [1.54, 1.807) is 12.4 Å². The summed E-state index contributed by atoms with van der Waals surface area (Å²) in [5, 5.41) is 6.12. The number of nitrogens with one attached hydrogen (secondary N) is 2. The molecule has 0 saturated carbocycles. The number of rotatable bonds is 3. The number of anilines is 3. The molecule has 82 valence electrons. The Hall–Kier alpha value is -1.62. The fourth-order valence-corrected chi connectivity index (χ4v) is 1.66. The van der Waals surface area contributed by atoms with Gasteiger partial charge in [0.05, 0.1) is 12.4 Å². The van der Waals surface area contributed by atoms with Gasteiger partial charge in [0.25, 0.3) is 0 Å². The van der Waals surface area contributed by atoms with Crippen LogP contribution in [0.5, 0.6) is 0 Å². The van der Waals surface area contributed by atoms with Crippen molar-refractivity contribution < 1.29 is 0 Å². The van der Waals surface area contributed by atoms with Crippen LogP contribution in [0.2, 0.25) is 0 Å². The van der Waals surface area contributed by atoms with Crippen molar-refractivity contribution in [3.63, 3.8) is 0 Å². The Balaban J connectivity index is 2.20. The van der Waals surface area contributed by atoms with Gasteiger partial charge in [-0.3, -0.25) is 4.98 Å². The van der Waals surface area contributed by atoms with E-state index in [4.69, 9.17) is 0 Å². The molecular weight excluding hydrogens is 268 g/mol. The summed E-state index contributed by atoms with van der Waals surface area (Å²) in [4.78, 5) is 8.39. The Morgan fingerprint density at radius 1 is 1.19 bits per heavy atom. The van der Waals surface area contributed by atoms with Crippen LogP contribution in [0.4, 0.5) is 17.3 Å². The van der Waals surface area contributed by atoms with Crippen LogP contribution < -0.4 is 10.6 Å². The minimum absolute atomic E-state index is 0.713. The molecule has 0 atom stereocenters. The molecule has 0 unspecified atom stereocenters. The van der Waals surface area contributed by atoms with Gasteiger partial charge in [-0.2, -0.15) is 0 Å². The van der Waals surface area contributed by atoms with Crippen LogP contribution in [0.15, 0.2) is 41.1 Å². The predicted octanol–water partition coefficient (Wildman–Crippen LogP) is 3.02. The molecular formula is C11H11BrN4. The Morgan fingerprint density at radius 2 is 2.00 bits per heavy atom. The van der Waals surface area contributed by atoms with Crippen LogP contribution in [-0.4, -0.2) is 17.0 Å². The van der Waals surface area contributed by atoms with Gasteiger partial charge in [-0.15, -0.1) is 0 Å². The maximum Gasteiger partial charge on any atom is 0.151 e. The third-order valence-corrected chi connectivity index (χ3v) is 2.48. The Bertz CT molecular complexity index is 487. The van der Waals surface area contributed by atoms with Crippen molar-refractivity contribution in [3.8, 4) is 0 Å². The van der Waals surface area contributed by atoms with Gasteiger partial charge in [0, 0.05) is 17.2 Å². The maximum atomic E-state index is 4.32. The largest absolute Gasteiger partial charge is 0.372 e. The zero-order valence-electron chi connectivity index (χ0n) is 8.74. The van der Waals surface area contributed by atoms with Gasteiger partial charge in [0.2, 0.25) is 0 Å². The highest BCUT2D eigenvalue weighted by Crippen LogP contribution is 2.19. The van der Waals surface area contributed by atoms with Gasteiger partial charge in [-0.25, -0.2) is 4.98 Å². The molecule has 0 aliphatic rings. The van der Waals surface area contributed by atoms with Gasteiger partial charge in [-0.05, 0) is 18.2 Å². The van der Waals surface area contributed by atoms with Crippen molar-refractivity contribution in [1.82, 2.24) is 9.97 Å². The van der Waals surface area contributed by atoms with Crippen LogP contribution in [0.25, 0.3) is 0 Å². The normalized spacial score (nSPS) is 9.88. The lowest BCUT2D eigenvalue weighted by molar-refractivity contribution is 1.18. The SMILES string of the molecule is CNc1cncc(Nc2cccc(Br)c2)n1. The van der Waals surface area contributed by atoms with E-state index in [0.717, 1.165) is 16.0 Å². The number of hydrogen-bond donors (Lipinski definition) is 2. The molecule has 2 rings (SSSR count). The molecule has 0 amide bonds. The topological polar surface area (TPSA) is 49.8 Å². The van der Waals surface area contributed by atoms with Gasteiger partial charge in [0.15, 0.2) is 5.82 Å². The predicted molar refractivity (Wildman–Crippen MR) is 69.0 cm³/mol. The minimum Gasteiger partial charge on any atom is -0.372 e. The highest BCUT2D eigenvalue weighted by Gasteiger charge is 1.98. The summed E-state index contributed by atoms with van der Waals surface area (Å²) in [6.07, 6.45) is 3.35. The number of hydrogen-bond acceptors (Lipinski definition) is 4. The van der Waals surface area contributed by atoms with Crippen LogP contribution in [0.3, 0.4) is 0 Å². The Kier molecular flexibility index (Phi) is 3.36. The second kappa shape index (κ2) is 4.94. The molecule has 1 heterocycles. The molecule has 0 aliphatic heterocycles. The quantitative estimate of drug-likeness (QED) is 0.906. The van der Waals surface area contributed by atoms with E-state index in [9.17, 15) is 0 Å². The Morgan fingerprint density at radius 3 is 2.75 bits per heavy atom. The average Bonchev–Trinajstić information content (AvgIpc) is 2.29. The van der Waals surface area contributed by atoms with E-state index in [1.807, 2.05) is 31.3 Å². The lowest BCUT2D eigenvalue weighted by Crippen LogP contribution is -1.98. The standard InChI is InChI=1S/C11H11BrN4/c1-13-10-6-14-7-11(16-10)15-9-4-2-3-8(12)5-9/h2-7H,1H3,(H2,13,15,16). The summed E-state index contributed by atoms with van der Waals surface area (Å²) >= 11 is 3.42. The monoisotopic (exact) mass is 278 g/mol. The molecule has 0 fully saturated rings. The second-order valence-electron chi connectivity index (χ2n) is 3.17. The summed E-state index contributed by atoms with van der Waals surface area (Å²) < 4.78 is 1.02. The molecule has 0 saturated heterocycles. The zero-order valence-corrected chi connectivity index (χ0v) is 10.3. The first-order valence-corrected chi connectivity index (χ1v) is 5.59. The van der Waals surface area contributed by atoms with Crippen LogP contribution in [-0.2, 0) is 0 Å². The summed E-state index contributed by atoms with van der Waals surface area (Å²) in [5.74, 6) is 1.45. The van der Waals surface area contributed by atoms with Crippen molar-refractivity contribution in [1.29, 1.82) is 0 Å². The Labute approximate surface area is 102 Å². The first-order chi connectivity index (χ1) is 7.78. The van der Waals surface area contributed by atoms with Gasteiger partial charge >= 0.3 is 0 Å². The van der Waals surface area contributed by atoms with Gasteiger partial charge in [0.1, 0.15) is 5.82 Å². The second-order valence-corrected chi connectivity index (χ2v) is 4.09. The van der Waals surface area contributed by atoms with Crippen LogP contribution in [0, 0.1) is 0 Å². The van der Waals surface area contributed by atoms with E-state index in [2.05, 4.69) is 36.5 Å². The molecule has 2 aromatic rings. The minimum atomic E-state index is 0.713. The fraction of sp³-hybridized carbons (Fsp3) is 0.0909. The highest BCUT2D eigenvalue weighted by molar-refractivity contribution is 9.10. The lowest BCUT2D eigenvalue weighted by atomic mass is 10.3. The first kappa shape index (κ1) is 10.9. The zero-order chi connectivity index (χ0) is 11.4. The van der Waals surface area contributed by atoms with Crippen LogP contribution in [0.1, 0.15) is 0 Å². The third-order valence-electron chi connectivity index (χ3n) is 1.99. The molecule has 0 aliphatic carbocycles. The number of aromatic nitrogens is 2. The molecule has 5 heteroatoms. The first-order valence-electron chi connectivity index (χ1n) is 4.80. The molecule has 0 bridgehead atoms. The third kappa shape index (κ3) is 2.70. The van der Waals surface area contributed by atoms with Crippen molar-refractivity contribution in [2.75, 3.05) is 17.7 Å². The lowest BCUT2D eigenvalue weighted by Gasteiger charge is -2.06. The van der Waals surface area contributed by atoms with E-state index < -0.39 is 0 Å². The summed E-state index contributed by atoms with van der Waals surface area (Å²) in [7, 11) is 1.81. The number of nitrogens with zero attached hydrogens (tertiary/aromatic N) is 2. The number of benzene rings is 1. The summed E-state index contributed by atoms with van der Waals surface area (Å²) in [6, 6.07) is 7.88. The molecule has 1 aromatic carbocycles. The van der Waals surface area contributed by atoms with E-state index >= 15 is 0 Å². The molecule has 0 radical (unpaired) electrons. The molecule has 2 N–H and O–H groups in total. The van der Waals surface area contributed by atoms with Gasteiger partial charge in [-0.1, -0.05) is 22.0 Å². The molecule has 1 aromatic heterocycles. The maximum absolute atomic E-state index is 4.32. The van der Waals surface area contributed by atoms with E-state index in [-0.39, 0.29) is 0 Å². The fourth-order valence-electron chi connectivity index (χ4n) is 1.26. The van der Waals surface area contributed by atoms with Gasteiger partial charge < -0.3 is 10.6 Å². The average molecular weight is 279 g/mol. The molecule has 0 spiro atoms. The van der Waals surface area contributed by atoms with Crippen molar-refractivity contribution >= 4 is 33.3 Å². The van der Waals surface area contributed by atoms with Crippen molar-refractivity contribution in [3.05, 3.63) is 41.1 Å². The highest BCUT2D eigenvalue weighted by atomic mass is 79.9. The number of halogens is 1. The molecule has 4 nitrogen and oxygen atoms in total. The summed E-state index contributed by atoms with van der Waals surface area (Å²) in [5.41, 5.74) is 0.969. The summed E-state index contributed by atoms with van der Waals surface area (Å²) in [6.45, 7) is 0.